The molecule has 1 amide bonds. The number of anilines is 1. The lowest BCUT2D eigenvalue weighted by Crippen LogP contribution is -2.46. The SMILES string of the molecule is COCCN1CCN(Cc2cnc3sc(-c4ccccc4NC(=O)c4cccc(-c5cccc(C)c5)n4)nc3c2)CC1. The number of ether oxygens (including phenoxy) is 1. The number of benzene rings is 2. The number of hydrogen-bond acceptors (Lipinski definition) is 8. The highest BCUT2D eigenvalue weighted by Gasteiger charge is 2.19. The molecular weight excluding hydrogens is 544 g/mol. The van der Waals surface area contributed by atoms with E-state index < -0.39 is 0 Å². The van der Waals surface area contributed by atoms with E-state index in [-0.39, 0.29) is 5.91 Å². The molecule has 6 rings (SSSR count). The molecule has 0 radical (unpaired) electrons. The maximum Gasteiger partial charge on any atom is 0.274 e. The zero-order chi connectivity index (χ0) is 28.9. The maximum atomic E-state index is 13.3. The van der Waals surface area contributed by atoms with Crippen molar-refractivity contribution in [2.24, 2.45) is 0 Å². The average molecular weight is 579 g/mol. The van der Waals surface area contributed by atoms with Crippen molar-refractivity contribution in [3.8, 4) is 21.8 Å². The number of carbonyl (C=O) groups excluding carboxylic acids is 1. The fourth-order valence-electron chi connectivity index (χ4n) is 5.21. The number of aromatic nitrogens is 3. The average Bonchev–Trinajstić information content (AvgIpc) is 3.44. The highest BCUT2D eigenvalue weighted by atomic mass is 32.1. The van der Waals surface area contributed by atoms with E-state index >= 15 is 0 Å². The largest absolute Gasteiger partial charge is 0.383 e. The summed E-state index contributed by atoms with van der Waals surface area (Å²) in [5.74, 6) is -0.263. The van der Waals surface area contributed by atoms with Gasteiger partial charge in [0.1, 0.15) is 21.0 Å². The number of pyridine rings is 2. The molecule has 0 saturated carbocycles. The first-order valence-electron chi connectivity index (χ1n) is 14.2. The third-order valence-electron chi connectivity index (χ3n) is 7.49. The monoisotopic (exact) mass is 578 g/mol. The summed E-state index contributed by atoms with van der Waals surface area (Å²) in [4.78, 5) is 33.4. The molecule has 1 fully saturated rings. The normalized spacial score (nSPS) is 14.3. The van der Waals surface area contributed by atoms with Crippen LogP contribution in [-0.2, 0) is 11.3 Å². The molecule has 0 spiro atoms. The van der Waals surface area contributed by atoms with Crippen molar-refractivity contribution >= 4 is 33.3 Å². The number of rotatable bonds is 9. The summed E-state index contributed by atoms with van der Waals surface area (Å²) >= 11 is 1.53. The number of nitrogens with zero attached hydrogens (tertiary/aromatic N) is 5. The molecule has 0 aliphatic carbocycles. The standard InChI is InChI=1S/C33H34N6O2S/c1-23-7-5-8-25(19-23)27-11-6-12-29(35-27)31(40)36-28-10-4-3-9-26(28)32-37-30-20-24(21-34-33(30)42-32)22-39-15-13-38(14-16-39)17-18-41-2/h3-12,19-21H,13-18,22H2,1-2H3,(H,36,40). The van der Waals surface area contributed by atoms with Gasteiger partial charge in [-0.15, -0.1) is 0 Å². The first kappa shape index (κ1) is 28.1. The van der Waals surface area contributed by atoms with Gasteiger partial charge in [-0.25, -0.2) is 15.0 Å². The van der Waals surface area contributed by atoms with Gasteiger partial charge in [0, 0.05) is 63.7 Å². The Labute approximate surface area is 250 Å². The molecule has 214 valence electrons. The number of thiazole rings is 1. The van der Waals surface area contributed by atoms with Gasteiger partial charge in [-0.3, -0.25) is 14.6 Å². The van der Waals surface area contributed by atoms with Crippen molar-refractivity contribution in [3.63, 3.8) is 0 Å². The van der Waals surface area contributed by atoms with Crippen LogP contribution in [0, 0.1) is 6.92 Å². The van der Waals surface area contributed by atoms with Crippen molar-refractivity contribution in [1.29, 1.82) is 0 Å². The Balaban J connectivity index is 1.17. The lowest BCUT2D eigenvalue weighted by Gasteiger charge is -2.34. The second-order valence-corrected chi connectivity index (χ2v) is 11.6. The zero-order valence-electron chi connectivity index (χ0n) is 23.9. The van der Waals surface area contributed by atoms with Crippen LogP contribution in [0.4, 0.5) is 5.69 Å². The van der Waals surface area contributed by atoms with Gasteiger partial charge in [-0.1, -0.05) is 53.3 Å². The first-order chi connectivity index (χ1) is 20.6. The van der Waals surface area contributed by atoms with Gasteiger partial charge in [0.25, 0.3) is 5.91 Å². The van der Waals surface area contributed by atoms with Crippen molar-refractivity contribution in [2.75, 3.05) is 51.8 Å². The molecule has 4 heterocycles. The number of para-hydroxylation sites is 1. The molecule has 8 nitrogen and oxygen atoms in total. The Kier molecular flexibility index (Phi) is 8.62. The number of amides is 1. The van der Waals surface area contributed by atoms with Crippen LogP contribution in [0.3, 0.4) is 0 Å². The smallest absolute Gasteiger partial charge is 0.274 e. The summed E-state index contributed by atoms with van der Waals surface area (Å²) in [5.41, 5.74) is 6.83. The summed E-state index contributed by atoms with van der Waals surface area (Å²) in [7, 11) is 1.75. The van der Waals surface area contributed by atoms with Gasteiger partial charge >= 0.3 is 0 Å². The minimum absolute atomic E-state index is 0.263. The molecular formula is C33H34N6O2S. The number of aryl methyl sites for hydroxylation is 1. The Bertz CT molecular complexity index is 1700. The third kappa shape index (κ3) is 6.55. The van der Waals surface area contributed by atoms with Crippen LogP contribution in [0.2, 0.25) is 0 Å². The van der Waals surface area contributed by atoms with Gasteiger partial charge in [0.05, 0.1) is 18.0 Å². The second-order valence-electron chi connectivity index (χ2n) is 10.6. The lowest BCUT2D eigenvalue weighted by atomic mass is 10.1. The summed E-state index contributed by atoms with van der Waals surface area (Å²) < 4.78 is 5.22. The molecule has 0 unspecified atom stereocenters. The number of methoxy groups -OCH3 is 1. The molecule has 1 aliphatic heterocycles. The fourth-order valence-corrected chi connectivity index (χ4v) is 6.14. The highest BCUT2D eigenvalue weighted by Crippen LogP contribution is 2.34. The predicted molar refractivity (Wildman–Crippen MR) is 169 cm³/mol. The number of hydrogen-bond donors (Lipinski definition) is 1. The van der Waals surface area contributed by atoms with E-state index in [1.165, 1.54) is 11.3 Å². The number of carbonyl (C=O) groups is 1. The van der Waals surface area contributed by atoms with Crippen molar-refractivity contribution in [2.45, 2.75) is 13.5 Å². The van der Waals surface area contributed by atoms with E-state index in [4.69, 9.17) is 14.7 Å². The highest BCUT2D eigenvalue weighted by molar-refractivity contribution is 7.21. The predicted octanol–water partition coefficient (Wildman–Crippen LogP) is 5.75. The molecule has 3 aromatic heterocycles. The van der Waals surface area contributed by atoms with E-state index in [0.29, 0.717) is 11.4 Å². The van der Waals surface area contributed by atoms with E-state index in [1.807, 2.05) is 67.7 Å². The van der Waals surface area contributed by atoms with Crippen molar-refractivity contribution < 1.29 is 9.53 Å². The quantitative estimate of drug-likeness (QED) is 0.239. The lowest BCUT2D eigenvalue weighted by molar-refractivity contribution is 0.0938. The Hall–Kier alpha value is -4.02. The van der Waals surface area contributed by atoms with Crippen LogP contribution >= 0.6 is 11.3 Å². The van der Waals surface area contributed by atoms with E-state index in [1.54, 1.807) is 13.2 Å². The molecule has 42 heavy (non-hydrogen) atoms. The second kappa shape index (κ2) is 12.9. The van der Waals surface area contributed by atoms with Gasteiger partial charge in [-0.05, 0) is 48.9 Å². The van der Waals surface area contributed by atoms with Crippen molar-refractivity contribution in [3.05, 3.63) is 95.8 Å². The maximum absolute atomic E-state index is 13.3. The van der Waals surface area contributed by atoms with Crippen LogP contribution in [0.1, 0.15) is 21.6 Å². The zero-order valence-corrected chi connectivity index (χ0v) is 24.7. The molecule has 0 bridgehead atoms. The number of piperazine rings is 1. The van der Waals surface area contributed by atoms with Crippen LogP contribution in [-0.4, -0.2) is 77.1 Å². The molecule has 5 aromatic rings. The minimum Gasteiger partial charge on any atom is -0.383 e. The van der Waals surface area contributed by atoms with Crippen LogP contribution in [0.25, 0.3) is 32.2 Å². The minimum atomic E-state index is -0.263. The Morgan fingerprint density at radius 1 is 0.952 bits per heavy atom. The molecule has 9 heteroatoms. The summed E-state index contributed by atoms with van der Waals surface area (Å²) in [5, 5.41) is 3.89. The molecule has 0 atom stereocenters. The molecule has 1 aliphatic rings. The van der Waals surface area contributed by atoms with Crippen LogP contribution in [0.15, 0.2) is 79.0 Å². The van der Waals surface area contributed by atoms with E-state index in [0.717, 1.165) is 89.2 Å². The van der Waals surface area contributed by atoms with Crippen LogP contribution in [0.5, 0.6) is 0 Å². The number of nitrogens with one attached hydrogen (secondary N) is 1. The molecule has 2 aromatic carbocycles. The Morgan fingerprint density at radius 3 is 2.60 bits per heavy atom. The Morgan fingerprint density at radius 2 is 1.76 bits per heavy atom. The fraction of sp³-hybridized carbons (Fsp3) is 0.273. The molecule has 1 saturated heterocycles. The van der Waals surface area contributed by atoms with E-state index in [9.17, 15) is 4.79 Å². The first-order valence-corrected chi connectivity index (χ1v) is 15.0. The molecule has 1 N–H and O–H groups in total. The van der Waals surface area contributed by atoms with Gasteiger partial charge < -0.3 is 10.1 Å². The van der Waals surface area contributed by atoms with Gasteiger partial charge in [0.15, 0.2) is 0 Å². The summed E-state index contributed by atoms with van der Waals surface area (Å²) in [6.07, 6.45) is 1.96. The summed E-state index contributed by atoms with van der Waals surface area (Å²) in [6, 6.07) is 23.5. The van der Waals surface area contributed by atoms with E-state index in [2.05, 4.69) is 32.2 Å². The third-order valence-corrected chi connectivity index (χ3v) is 8.50. The number of fused-ring (bicyclic) bond motifs is 1. The van der Waals surface area contributed by atoms with Crippen molar-refractivity contribution in [1.82, 2.24) is 24.8 Å². The van der Waals surface area contributed by atoms with Gasteiger partial charge in [0.2, 0.25) is 0 Å². The van der Waals surface area contributed by atoms with Crippen LogP contribution < -0.4 is 5.32 Å². The topological polar surface area (TPSA) is 83.5 Å². The summed E-state index contributed by atoms with van der Waals surface area (Å²) in [6.45, 7) is 8.81. The van der Waals surface area contributed by atoms with Gasteiger partial charge in [-0.2, -0.15) is 0 Å².